The van der Waals surface area contributed by atoms with E-state index in [4.69, 9.17) is 9.84 Å². The molecule has 10 nitrogen and oxygen atoms in total. The van der Waals surface area contributed by atoms with E-state index in [1.165, 1.54) is 24.3 Å². The number of benzene rings is 1. The lowest BCUT2D eigenvalue weighted by Gasteiger charge is -2.15. The molecule has 1 heterocycles. The highest BCUT2D eigenvalue weighted by Crippen LogP contribution is 2.27. The fourth-order valence-electron chi connectivity index (χ4n) is 3.60. The smallest absolute Gasteiger partial charge is 0.281 e. The summed E-state index contributed by atoms with van der Waals surface area (Å²) in [6, 6.07) is 5.76. The number of nitrogens with one attached hydrogen (secondary N) is 1. The van der Waals surface area contributed by atoms with Gasteiger partial charge in [0, 0.05) is 11.6 Å². The molecule has 1 unspecified atom stereocenters. The van der Waals surface area contributed by atoms with E-state index in [0.29, 0.717) is 22.7 Å². The van der Waals surface area contributed by atoms with Crippen LogP contribution in [0.5, 0.6) is 5.88 Å². The van der Waals surface area contributed by atoms with Crippen LogP contribution in [0.4, 0.5) is 11.4 Å². The zero-order valence-corrected chi connectivity index (χ0v) is 22.5. The molecule has 0 aliphatic carbocycles. The Kier molecular flexibility index (Phi) is 11.2. The Morgan fingerprint density at radius 2 is 1.69 bits per heavy atom. The van der Waals surface area contributed by atoms with Gasteiger partial charge in [-0.3, -0.25) is 9.36 Å². The zero-order chi connectivity index (χ0) is 26.9. The molecule has 2 rings (SSSR count). The van der Waals surface area contributed by atoms with Crippen molar-refractivity contribution in [2.45, 2.75) is 71.4 Å². The van der Waals surface area contributed by atoms with Crippen LogP contribution in [0.25, 0.3) is 0 Å². The molecule has 11 heteroatoms. The summed E-state index contributed by atoms with van der Waals surface area (Å²) in [5.41, 5.74) is 0.897. The minimum absolute atomic E-state index is 0.0704. The number of nitrogens with zero attached hydrogens (tertiary/aromatic N) is 3. The number of aliphatic hydroxyl groups is 1. The van der Waals surface area contributed by atoms with Gasteiger partial charge in [-0.05, 0) is 62.9 Å². The van der Waals surface area contributed by atoms with Crippen LogP contribution in [0.2, 0.25) is 0 Å². The van der Waals surface area contributed by atoms with Crippen molar-refractivity contribution in [1.29, 1.82) is 0 Å². The molecule has 0 aliphatic heterocycles. The largest absolute Gasteiger partial charge is 0.494 e. The van der Waals surface area contributed by atoms with Crippen molar-refractivity contribution in [3.05, 3.63) is 45.7 Å². The number of hydrogen-bond donors (Lipinski definition) is 3. The maximum Gasteiger partial charge on any atom is 0.281 e. The topological polar surface area (TPSA) is 143 Å². The van der Waals surface area contributed by atoms with Gasteiger partial charge in [-0.15, -0.1) is 5.11 Å². The van der Waals surface area contributed by atoms with Gasteiger partial charge in [0.05, 0.1) is 36.9 Å². The zero-order valence-electron chi connectivity index (χ0n) is 21.7. The number of hydrogen-bond acceptors (Lipinski definition) is 8. The van der Waals surface area contributed by atoms with E-state index in [-0.39, 0.29) is 48.9 Å². The molecule has 0 bridgehead atoms. The van der Waals surface area contributed by atoms with Gasteiger partial charge >= 0.3 is 0 Å². The maximum atomic E-state index is 12.9. The lowest BCUT2D eigenvalue weighted by molar-refractivity contribution is 0.0853. The molecule has 0 saturated heterocycles. The van der Waals surface area contributed by atoms with Crippen molar-refractivity contribution in [1.82, 2.24) is 9.29 Å². The predicted molar refractivity (Wildman–Crippen MR) is 139 cm³/mol. The average Bonchev–Trinajstić information content (AvgIpc) is 2.82. The van der Waals surface area contributed by atoms with Gasteiger partial charge in [0.1, 0.15) is 0 Å². The van der Waals surface area contributed by atoms with Gasteiger partial charge in [-0.2, -0.15) is 5.11 Å². The minimum atomic E-state index is -3.67. The molecular weight excluding hydrogens is 484 g/mol. The second kappa shape index (κ2) is 13.6. The Balaban J connectivity index is 2.17. The second-order valence-corrected chi connectivity index (χ2v) is 11.0. The number of rotatable bonds is 14. The Morgan fingerprint density at radius 3 is 2.31 bits per heavy atom. The summed E-state index contributed by atoms with van der Waals surface area (Å²) in [7, 11) is -3.67. The van der Waals surface area contributed by atoms with Crippen molar-refractivity contribution in [3.63, 3.8) is 0 Å². The van der Waals surface area contributed by atoms with E-state index in [2.05, 4.69) is 28.8 Å². The quantitative estimate of drug-likeness (QED) is 0.252. The van der Waals surface area contributed by atoms with E-state index in [0.717, 1.165) is 23.8 Å². The molecule has 0 fully saturated rings. The standard InChI is InChI=1S/C25H38N4O6S/c1-17(2)7-6-8-18(3)28-36(33,34)22-11-9-21(10-12-22)26-27-23-19(4)20(5)24(31)29(25(23)32)13-15-35-16-14-30/h9-12,17-18,28,30-31H,6-8,13-16H2,1-5H3. The first-order chi connectivity index (χ1) is 17.0. The summed E-state index contributed by atoms with van der Waals surface area (Å²) in [5, 5.41) is 27.4. The van der Waals surface area contributed by atoms with Crippen LogP contribution in [-0.4, -0.2) is 49.1 Å². The number of azo groups is 1. The summed E-state index contributed by atoms with van der Waals surface area (Å²) in [4.78, 5) is 13.0. The first-order valence-corrected chi connectivity index (χ1v) is 13.6. The van der Waals surface area contributed by atoms with Gasteiger partial charge in [-0.1, -0.05) is 26.7 Å². The second-order valence-electron chi connectivity index (χ2n) is 9.26. The molecule has 1 aromatic heterocycles. The molecule has 3 N–H and O–H groups in total. The number of aromatic hydroxyl groups is 1. The van der Waals surface area contributed by atoms with Gasteiger partial charge in [-0.25, -0.2) is 13.1 Å². The highest BCUT2D eigenvalue weighted by atomic mass is 32.2. The molecule has 0 aliphatic rings. The van der Waals surface area contributed by atoms with E-state index in [9.17, 15) is 18.3 Å². The third-order valence-corrected chi connectivity index (χ3v) is 7.44. The highest BCUT2D eigenvalue weighted by molar-refractivity contribution is 7.89. The SMILES string of the molecule is Cc1c(C)c(O)n(CCOCCO)c(=O)c1N=Nc1ccc(S(=O)(=O)NC(C)CCCC(C)C)cc1. The minimum Gasteiger partial charge on any atom is -0.494 e. The van der Waals surface area contributed by atoms with Crippen molar-refractivity contribution in [3.8, 4) is 5.88 Å². The number of ether oxygens (including phenoxy) is 1. The molecule has 200 valence electrons. The van der Waals surface area contributed by atoms with E-state index < -0.39 is 15.6 Å². The number of aliphatic hydroxyl groups excluding tert-OH is 1. The number of sulfonamides is 1. The molecule has 0 spiro atoms. The Hall–Kier alpha value is -2.60. The van der Waals surface area contributed by atoms with E-state index >= 15 is 0 Å². The summed E-state index contributed by atoms with van der Waals surface area (Å²) in [6.45, 7) is 9.69. The molecule has 1 atom stereocenters. The van der Waals surface area contributed by atoms with Crippen LogP contribution in [0.3, 0.4) is 0 Å². The van der Waals surface area contributed by atoms with Crippen LogP contribution >= 0.6 is 0 Å². The fraction of sp³-hybridized carbons (Fsp3) is 0.560. The van der Waals surface area contributed by atoms with Crippen molar-refractivity contribution >= 4 is 21.4 Å². The molecule has 0 saturated carbocycles. The molecule has 36 heavy (non-hydrogen) atoms. The Bertz CT molecular complexity index is 1190. The lowest BCUT2D eigenvalue weighted by Crippen LogP contribution is -2.32. The summed E-state index contributed by atoms with van der Waals surface area (Å²) in [6.07, 6.45) is 2.77. The molecular formula is C25H38N4O6S. The Labute approximate surface area is 213 Å². The average molecular weight is 523 g/mol. The third-order valence-electron chi connectivity index (χ3n) is 5.84. The summed E-state index contributed by atoms with van der Waals surface area (Å²) < 4.78 is 34.4. The van der Waals surface area contributed by atoms with Crippen molar-refractivity contribution < 1.29 is 23.4 Å². The van der Waals surface area contributed by atoms with E-state index in [1.807, 2.05) is 6.92 Å². The fourth-order valence-corrected chi connectivity index (χ4v) is 4.88. The van der Waals surface area contributed by atoms with Crippen LogP contribution < -0.4 is 10.3 Å². The normalized spacial score (nSPS) is 13.1. The van der Waals surface area contributed by atoms with Crippen LogP contribution in [-0.2, 0) is 21.3 Å². The van der Waals surface area contributed by atoms with Gasteiger partial charge < -0.3 is 14.9 Å². The van der Waals surface area contributed by atoms with Crippen molar-refractivity contribution in [2.24, 2.45) is 16.1 Å². The van der Waals surface area contributed by atoms with Crippen molar-refractivity contribution in [2.75, 3.05) is 19.8 Å². The molecule has 2 aromatic rings. The first-order valence-electron chi connectivity index (χ1n) is 12.1. The monoisotopic (exact) mass is 522 g/mol. The maximum absolute atomic E-state index is 12.9. The van der Waals surface area contributed by atoms with E-state index in [1.54, 1.807) is 13.8 Å². The van der Waals surface area contributed by atoms with Gasteiger partial charge in [0.2, 0.25) is 10.0 Å². The number of aromatic nitrogens is 1. The van der Waals surface area contributed by atoms with Crippen LogP contribution in [0.15, 0.2) is 44.2 Å². The van der Waals surface area contributed by atoms with Crippen LogP contribution in [0.1, 0.15) is 51.2 Å². The summed E-state index contributed by atoms with van der Waals surface area (Å²) >= 11 is 0. The molecule has 0 radical (unpaired) electrons. The predicted octanol–water partition coefficient (Wildman–Crippen LogP) is 4.09. The first kappa shape index (κ1) is 29.6. The van der Waals surface area contributed by atoms with Gasteiger partial charge in [0.25, 0.3) is 5.56 Å². The summed E-state index contributed by atoms with van der Waals surface area (Å²) in [5.74, 6) is 0.406. The lowest BCUT2D eigenvalue weighted by atomic mass is 10.0. The van der Waals surface area contributed by atoms with Crippen LogP contribution in [0, 0.1) is 19.8 Å². The van der Waals surface area contributed by atoms with Gasteiger partial charge in [0.15, 0.2) is 11.6 Å². The third kappa shape index (κ3) is 8.22. The Morgan fingerprint density at radius 1 is 1.03 bits per heavy atom. The number of pyridine rings is 1. The molecule has 0 amide bonds. The molecule has 1 aromatic carbocycles. The highest BCUT2D eigenvalue weighted by Gasteiger charge is 2.18.